The third kappa shape index (κ3) is 4.91. The van der Waals surface area contributed by atoms with Crippen molar-refractivity contribution < 1.29 is 14.3 Å². The van der Waals surface area contributed by atoms with Crippen molar-refractivity contribution in [2.75, 3.05) is 20.3 Å². The second-order valence-corrected chi connectivity index (χ2v) is 5.42. The average Bonchev–Trinajstić information content (AvgIpc) is 2.53. The highest BCUT2D eigenvalue weighted by Gasteiger charge is 2.27. The van der Waals surface area contributed by atoms with Crippen LogP contribution in [0.3, 0.4) is 0 Å². The summed E-state index contributed by atoms with van der Waals surface area (Å²) in [6.07, 6.45) is 3.85. The number of ether oxygens (including phenoxy) is 2. The van der Waals surface area contributed by atoms with E-state index in [1.54, 1.807) is 7.11 Å². The van der Waals surface area contributed by atoms with E-state index < -0.39 is 0 Å². The number of allylic oxidation sites excluding steroid dienone is 1. The molecule has 0 unspecified atom stereocenters. The molecular weight excluding hydrogens is 312 g/mol. The smallest absolute Gasteiger partial charge is 0.338 e. The lowest BCUT2D eigenvalue weighted by Gasteiger charge is -2.27. The van der Waals surface area contributed by atoms with E-state index in [1.807, 2.05) is 49.4 Å². The first-order valence-corrected chi connectivity index (χ1v) is 7.70. The second-order valence-electron chi connectivity index (χ2n) is 5.01. The number of benzene rings is 1. The van der Waals surface area contributed by atoms with Gasteiger partial charge in [-0.1, -0.05) is 42.5 Å². The molecule has 2 rings (SSSR count). The number of hydrogen-bond donors (Lipinski definition) is 2. The third-order valence-corrected chi connectivity index (χ3v) is 3.54. The largest absolute Gasteiger partial charge is 0.460 e. The number of hydrogen-bond acceptors (Lipinski definition) is 4. The molecule has 0 saturated carbocycles. The fourth-order valence-corrected chi connectivity index (χ4v) is 2.49. The summed E-state index contributed by atoms with van der Waals surface area (Å²) in [4.78, 5) is 12.3. The van der Waals surface area contributed by atoms with Gasteiger partial charge in [-0.15, -0.1) is 0 Å². The summed E-state index contributed by atoms with van der Waals surface area (Å²) in [5.74, 6) is -0.384. The molecule has 0 bridgehead atoms. The van der Waals surface area contributed by atoms with Crippen LogP contribution in [0.15, 0.2) is 47.7 Å². The number of methoxy groups -OCH3 is 1. The van der Waals surface area contributed by atoms with Gasteiger partial charge in [-0.25, -0.2) is 4.79 Å². The fourth-order valence-electron chi connectivity index (χ4n) is 2.21. The van der Waals surface area contributed by atoms with Crippen LogP contribution >= 0.6 is 12.2 Å². The Bertz CT molecular complexity index is 626. The molecule has 0 aromatic heterocycles. The molecule has 0 aliphatic carbocycles. The van der Waals surface area contributed by atoms with Crippen molar-refractivity contribution in [3.05, 3.63) is 53.2 Å². The topological polar surface area (TPSA) is 59.6 Å². The van der Waals surface area contributed by atoms with Crippen LogP contribution in [0.1, 0.15) is 12.5 Å². The first-order valence-electron chi connectivity index (χ1n) is 7.29. The lowest BCUT2D eigenvalue weighted by Crippen LogP contribution is -2.49. The van der Waals surface area contributed by atoms with Crippen LogP contribution in [0, 0.1) is 0 Å². The Morgan fingerprint density at radius 3 is 2.74 bits per heavy atom. The first kappa shape index (κ1) is 17.2. The molecule has 1 aliphatic heterocycles. The Labute approximate surface area is 141 Å². The number of carbonyl (C=O) groups is 1. The Kier molecular flexibility index (Phi) is 6.31. The van der Waals surface area contributed by atoms with E-state index in [2.05, 4.69) is 10.6 Å². The summed E-state index contributed by atoms with van der Waals surface area (Å²) in [5, 5.41) is 6.53. The number of rotatable bonds is 6. The molecule has 5 nitrogen and oxygen atoms in total. The van der Waals surface area contributed by atoms with Crippen LogP contribution in [-0.2, 0) is 14.3 Å². The molecule has 1 heterocycles. The van der Waals surface area contributed by atoms with Crippen molar-refractivity contribution in [3.8, 4) is 0 Å². The first-order chi connectivity index (χ1) is 11.1. The zero-order valence-corrected chi connectivity index (χ0v) is 14.0. The lowest BCUT2D eigenvalue weighted by molar-refractivity contribution is -0.140. The summed E-state index contributed by atoms with van der Waals surface area (Å²) in [7, 11) is 1.56. The second kappa shape index (κ2) is 8.45. The zero-order valence-electron chi connectivity index (χ0n) is 13.2. The van der Waals surface area contributed by atoms with E-state index in [4.69, 9.17) is 21.7 Å². The number of esters is 1. The van der Waals surface area contributed by atoms with Gasteiger partial charge >= 0.3 is 5.97 Å². The molecule has 1 aromatic carbocycles. The highest BCUT2D eigenvalue weighted by atomic mass is 32.1. The molecule has 0 saturated heterocycles. The van der Waals surface area contributed by atoms with Gasteiger partial charge in [0.05, 0.1) is 18.2 Å². The molecule has 1 aliphatic rings. The monoisotopic (exact) mass is 332 g/mol. The summed E-state index contributed by atoms with van der Waals surface area (Å²) >= 11 is 5.17. The zero-order chi connectivity index (χ0) is 16.7. The average molecular weight is 332 g/mol. The van der Waals surface area contributed by atoms with Crippen LogP contribution < -0.4 is 10.6 Å². The highest BCUT2D eigenvalue weighted by molar-refractivity contribution is 7.80. The predicted octanol–water partition coefficient (Wildman–Crippen LogP) is 2.01. The minimum Gasteiger partial charge on any atom is -0.460 e. The van der Waals surface area contributed by atoms with E-state index in [0.29, 0.717) is 23.0 Å². The lowest BCUT2D eigenvalue weighted by atomic mass is 10.0. The van der Waals surface area contributed by atoms with Gasteiger partial charge in [0.1, 0.15) is 6.61 Å². The van der Waals surface area contributed by atoms with Crippen molar-refractivity contribution in [3.63, 3.8) is 0 Å². The van der Waals surface area contributed by atoms with Gasteiger partial charge in [0, 0.05) is 12.8 Å². The molecule has 0 amide bonds. The molecule has 0 spiro atoms. The van der Waals surface area contributed by atoms with Crippen LogP contribution in [-0.4, -0.2) is 37.4 Å². The number of carbonyl (C=O) groups excluding carboxylic acids is 1. The van der Waals surface area contributed by atoms with Crippen molar-refractivity contribution in [2.45, 2.75) is 13.0 Å². The Morgan fingerprint density at radius 1 is 1.30 bits per heavy atom. The normalized spacial score (nSPS) is 17.8. The van der Waals surface area contributed by atoms with Gasteiger partial charge in [0.2, 0.25) is 0 Å². The van der Waals surface area contributed by atoms with E-state index in [1.165, 1.54) is 0 Å². The van der Waals surface area contributed by atoms with Gasteiger partial charge in [0.15, 0.2) is 5.11 Å². The minimum absolute atomic E-state index is 0.214. The minimum atomic E-state index is -0.384. The number of thiocarbonyl (C=S) groups is 1. The maximum absolute atomic E-state index is 12.3. The predicted molar refractivity (Wildman–Crippen MR) is 93.7 cm³/mol. The van der Waals surface area contributed by atoms with Crippen LogP contribution in [0.5, 0.6) is 0 Å². The summed E-state index contributed by atoms with van der Waals surface area (Å²) in [5.41, 5.74) is 2.25. The van der Waals surface area contributed by atoms with Crippen molar-refractivity contribution in [2.24, 2.45) is 0 Å². The quantitative estimate of drug-likeness (QED) is 0.472. The van der Waals surface area contributed by atoms with Crippen molar-refractivity contribution >= 4 is 29.4 Å². The third-order valence-electron chi connectivity index (χ3n) is 3.32. The molecule has 0 fully saturated rings. The fraction of sp³-hybridized carbons (Fsp3) is 0.294. The summed E-state index contributed by atoms with van der Waals surface area (Å²) in [6.45, 7) is 2.39. The van der Waals surface area contributed by atoms with Gasteiger partial charge in [-0.05, 0) is 24.7 Å². The van der Waals surface area contributed by atoms with E-state index in [9.17, 15) is 4.79 Å². The van der Waals surface area contributed by atoms with Crippen LogP contribution in [0.2, 0.25) is 0 Å². The van der Waals surface area contributed by atoms with E-state index in [-0.39, 0.29) is 18.6 Å². The van der Waals surface area contributed by atoms with Crippen molar-refractivity contribution in [1.82, 2.24) is 10.6 Å². The molecule has 2 N–H and O–H groups in total. The molecule has 23 heavy (non-hydrogen) atoms. The van der Waals surface area contributed by atoms with Crippen molar-refractivity contribution in [1.29, 1.82) is 0 Å². The van der Waals surface area contributed by atoms with Gasteiger partial charge in [0.25, 0.3) is 0 Å². The molecule has 6 heteroatoms. The van der Waals surface area contributed by atoms with E-state index in [0.717, 1.165) is 5.56 Å². The van der Waals surface area contributed by atoms with E-state index >= 15 is 0 Å². The number of nitrogens with one attached hydrogen (secondary N) is 2. The standard InChI is InChI=1S/C17H20N2O3S/c1-12-15(16(20)22-11-10-21-2)14(19-17(23)18-12)9-8-13-6-4-3-5-7-13/h3-9,14H,10-11H2,1-2H3,(H2,18,19,23)/b9-8+/t14-/m1/s1. The molecule has 1 atom stereocenters. The van der Waals surface area contributed by atoms with Crippen LogP contribution in [0.25, 0.3) is 6.08 Å². The summed E-state index contributed by atoms with van der Waals surface area (Å²) < 4.78 is 10.1. The van der Waals surface area contributed by atoms with Gasteiger partial charge < -0.3 is 20.1 Å². The maximum Gasteiger partial charge on any atom is 0.338 e. The maximum atomic E-state index is 12.3. The SMILES string of the molecule is COCCOC(=O)C1=C(C)NC(=S)N[C@@H]1/C=C/c1ccccc1. The Morgan fingerprint density at radius 2 is 2.04 bits per heavy atom. The molecular formula is C17H20N2O3S. The van der Waals surface area contributed by atoms with Gasteiger partial charge in [-0.3, -0.25) is 0 Å². The Hall–Kier alpha value is -2.18. The van der Waals surface area contributed by atoms with Crippen LogP contribution in [0.4, 0.5) is 0 Å². The molecule has 122 valence electrons. The van der Waals surface area contributed by atoms with Gasteiger partial charge in [-0.2, -0.15) is 0 Å². The molecule has 0 radical (unpaired) electrons. The molecule has 1 aromatic rings. The summed E-state index contributed by atoms with van der Waals surface area (Å²) in [6, 6.07) is 9.52. The highest BCUT2D eigenvalue weighted by Crippen LogP contribution is 2.16. The Balaban J connectivity index is 2.17.